The molecule has 8 nitrogen and oxygen atoms in total. The van der Waals surface area contributed by atoms with E-state index in [-0.39, 0.29) is 19.2 Å². The van der Waals surface area contributed by atoms with Crippen molar-refractivity contribution in [2.45, 2.75) is 19.1 Å². The molecule has 0 spiro atoms. The average Bonchev–Trinajstić information content (AvgIpc) is 3.15. The molecular formula is C20H20N4O4. The van der Waals surface area contributed by atoms with Crippen molar-refractivity contribution in [2.75, 3.05) is 18.5 Å². The molecule has 1 heterocycles. The van der Waals surface area contributed by atoms with Crippen LogP contribution in [0.3, 0.4) is 0 Å². The van der Waals surface area contributed by atoms with Crippen LogP contribution in [0.1, 0.15) is 27.0 Å². The van der Waals surface area contributed by atoms with Crippen LogP contribution in [0.25, 0.3) is 0 Å². The fourth-order valence-corrected chi connectivity index (χ4v) is 2.93. The largest absolute Gasteiger partial charge is 0.394 e. The van der Waals surface area contributed by atoms with Crippen molar-refractivity contribution < 1.29 is 19.8 Å². The third-order valence-corrected chi connectivity index (χ3v) is 4.52. The summed E-state index contributed by atoms with van der Waals surface area (Å²) in [4.78, 5) is 26.2. The van der Waals surface area contributed by atoms with Gasteiger partial charge in [0.15, 0.2) is 0 Å². The Morgan fingerprint density at radius 2 is 1.75 bits per heavy atom. The summed E-state index contributed by atoms with van der Waals surface area (Å²) in [5.41, 5.74) is 3.44. The summed E-state index contributed by atoms with van der Waals surface area (Å²) in [7, 11) is 0. The van der Waals surface area contributed by atoms with Crippen LogP contribution >= 0.6 is 0 Å². The summed E-state index contributed by atoms with van der Waals surface area (Å²) in [6.07, 6.45) is 0. The normalized spacial score (nSPS) is 12.4. The highest BCUT2D eigenvalue weighted by atomic mass is 16.3. The van der Waals surface area contributed by atoms with Crippen molar-refractivity contribution in [1.82, 2.24) is 10.2 Å². The average molecular weight is 380 g/mol. The first-order valence-corrected chi connectivity index (χ1v) is 8.74. The van der Waals surface area contributed by atoms with Crippen LogP contribution in [0.2, 0.25) is 0 Å². The fourth-order valence-electron chi connectivity index (χ4n) is 2.93. The van der Waals surface area contributed by atoms with E-state index >= 15 is 0 Å². The number of anilines is 1. The van der Waals surface area contributed by atoms with E-state index in [0.717, 1.165) is 11.1 Å². The predicted octanol–water partition coefficient (Wildman–Crippen LogP) is 1.19. The van der Waals surface area contributed by atoms with Crippen LogP contribution < -0.4 is 10.6 Å². The van der Waals surface area contributed by atoms with Crippen molar-refractivity contribution in [1.29, 1.82) is 5.26 Å². The first-order chi connectivity index (χ1) is 13.5. The van der Waals surface area contributed by atoms with E-state index in [1.165, 1.54) is 0 Å². The van der Waals surface area contributed by atoms with Crippen molar-refractivity contribution >= 4 is 17.6 Å². The second-order valence-corrected chi connectivity index (χ2v) is 6.49. The molecule has 2 aromatic rings. The number of amides is 3. The van der Waals surface area contributed by atoms with Crippen LogP contribution in [0.15, 0.2) is 42.5 Å². The van der Waals surface area contributed by atoms with Gasteiger partial charge in [-0.25, -0.2) is 4.79 Å². The molecule has 0 aromatic heterocycles. The number of aliphatic hydroxyl groups is 2. The number of benzene rings is 2. The monoisotopic (exact) mass is 380 g/mol. The predicted molar refractivity (Wildman–Crippen MR) is 101 cm³/mol. The van der Waals surface area contributed by atoms with Crippen LogP contribution in [0, 0.1) is 11.3 Å². The Hall–Kier alpha value is -3.41. The number of urea groups is 1. The van der Waals surface area contributed by atoms with Gasteiger partial charge in [0.05, 0.1) is 30.9 Å². The van der Waals surface area contributed by atoms with E-state index in [9.17, 15) is 9.59 Å². The molecule has 0 atom stereocenters. The smallest absolute Gasteiger partial charge is 0.322 e. The summed E-state index contributed by atoms with van der Waals surface area (Å²) >= 11 is 0. The molecule has 2 aromatic carbocycles. The molecule has 8 heteroatoms. The zero-order chi connectivity index (χ0) is 20.1. The van der Waals surface area contributed by atoms with E-state index in [0.29, 0.717) is 29.9 Å². The second-order valence-electron chi connectivity index (χ2n) is 6.49. The number of carbonyl (C=O) groups excluding carboxylic acids is 2. The Labute approximate surface area is 162 Å². The number of hydrogen-bond donors (Lipinski definition) is 4. The maximum absolute atomic E-state index is 12.5. The minimum Gasteiger partial charge on any atom is -0.394 e. The third kappa shape index (κ3) is 4.28. The van der Waals surface area contributed by atoms with Crippen LogP contribution in [-0.4, -0.2) is 46.3 Å². The van der Waals surface area contributed by atoms with E-state index in [4.69, 9.17) is 15.5 Å². The molecule has 4 N–H and O–H groups in total. The first kappa shape index (κ1) is 19.4. The van der Waals surface area contributed by atoms with Gasteiger partial charge in [0.2, 0.25) is 0 Å². The number of hydrogen-bond acceptors (Lipinski definition) is 5. The Morgan fingerprint density at radius 3 is 2.39 bits per heavy atom. The van der Waals surface area contributed by atoms with Crippen molar-refractivity contribution in [3.63, 3.8) is 0 Å². The Balaban J connectivity index is 1.59. The molecule has 0 fully saturated rings. The summed E-state index contributed by atoms with van der Waals surface area (Å²) in [6.45, 7) is 0.187. The van der Waals surface area contributed by atoms with Crippen LogP contribution in [0.4, 0.5) is 10.5 Å². The van der Waals surface area contributed by atoms with E-state index in [1.807, 2.05) is 6.07 Å². The second kappa shape index (κ2) is 8.52. The minimum absolute atomic E-state index is 0.271. The number of fused-ring (bicyclic) bond motifs is 1. The molecule has 0 radical (unpaired) electrons. The van der Waals surface area contributed by atoms with E-state index in [1.54, 1.807) is 41.3 Å². The standard InChI is InChI=1S/C20H20N4O4/c21-8-13-1-2-15-9-24(10-16(15)7-13)20(28)23-17-5-3-14(4-6-17)19(27)22-18(11-25)12-26/h1-7,18,25-26H,9-12H2,(H,22,27)(H,23,28). The Kier molecular flexibility index (Phi) is 5.89. The molecule has 0 unspecified atom stereocenters. The molecule has 1 aliphatic rings. The van der Waals surface area contributed by atoms with Crippen molar-refractivity contribution in [2.24, 2.45) is 0 Å². The highest BCUT2D eigenvalue weighted by Crippen LogP contribution is 2.24. The summed E-state index contributed by atoms with van der Waals surface area (Å²) in [5, 5.41) is 32.3. The molecular weight excluding hydrogens is 360 g/mol. The first-order valence-electron chi connectivity index (χ1n) is 8.74. The molecule has 3 rings (SSSR count). The zero-order valence-electron chi connectivity index (χ0n) is 15.1. The quantitative estimate of drug-likeness (QED) is 0.620. The summed E-state index contributed by atoms with van der Waals surface area (Å²) in [6, 6.07) is 12.8. The Morgan fingerprint density at radius 1 is 1.07 bits per heavy atom. The van der Waals surface area contributed by atoms with Gasteiger partial charge < -0.3 is 25.7 Å². The van der Waals surface area contributed by atoms with Gasteiger partial charge in [0, 0.05) is 24.3 Å². The van der Waals surface area contributed by atoms with E-state index < -0.39 is 11.9 Å². The fraction of sp³-hybridized carbons (Fsp3) is 0.250. The number of aliphatic hydroxyl groups excluding tert-OH is 2. The maximum Gasteiger partial charge on any atom is 0.322 e. The van der Waals surface area contributed by atoms with Gasteiger partial charge in [0.1, 0.15) is 0 Å². The van der Waals surface area contributed by atoms with Crippen LogP contribution in [0.5, 0.6) is 0 Å². The summed E-state index contributed by atoms with van der Waals surface area (Å²) < 4.78 is 0. The Bertz CT molecular complexity index is 917. The van der Waals surface area contributed by atoms with Crippen molar-refractivity contribution in [3.8, 4) is 6.07 Å². The van der Waals surface area contributed by atoms with Gasteiger partial charge >= 0.3 is 6.03 Å². The lowest BCUT2D eigenvalue weighted by Gasteiger charge is -2.17. The third-order valence-electron chi connectivity index (χ3n) is 4.52. The maximum atomic E-state index is 12.5. The molecule has 144 valence electrons. The van der Waals surface area contributed by atoms with Crippen molar-refractivity contribution in [3.05, 3.63) is 64.7 Å². The van der Waals surface area contributed by atoms with Crippen LogP contribution in [-0.2, 0) is 13.1 Å². The lowest BCUT2D eigenvalue weighted by molar-refractivity contribution is 0.0879. The van der Waals surface area contributed by atoms with Gasteiger partial charge in [-0.05, 0) is 47.5 Å². The van der Waals surface area contributed by atoms with E-state index in [2.05, 4.69) is 16.7 Å². The number of carbonyl (C=O) groups is 2. The van der Waals surface area contributed by atoms with Gasteiger partial charge in [-0.3, -0.25) is 4.79 Å². The highest BCUT2D eigenvalue weighted by Gasteiger charge is 2.23. The molecule has 1 aliphatic heterocycles. The van der Waals surface area contributed by atoms with Gasteiger partial charge in [0.25, 0.3) is 5.91 Å². The number of nitriles is 1. The van der Waals surface area contributed by atoms with Gasteiger partial charge in [-0.2, -0.15) is 5.26 Å². The zero-order valence-corrected chi connectivity index (χ0v) is 15.1. The lowest BCUT2D eigenvalue weighted by Crippen LogP contribution is -2.40. The molecule has 0 aliphatic carbocycles. The van der Waals surface area contributed by atoms with Gasteiger partial charge in [-0.1, -0.05) is 6.07 Å². The molecule has 0 saturated carbocycles. The van der Waals surface area contributed by atoms with Gasteiger partial charge in [-0.15, -0.1) is 0 Å². The topological polar surface area (TPSA) is 126 Å². The number of nitrogens with zero attached hydrogens (tertiary/aromatic N) is 2. The molecule has 0 saturated heterocycles. The highest BCUT2D eigenvalue weighted by molar-refractivity contribution is 5.95. The lowest BCUT2D eigenvalue weighted by atomic mass is 10.1. The SMILES string of the molecule is N#Cc1ccc2c(c1)CN(C(=O)Nc1ccc(C(=O)NC(CO)CO)cc1)C2. The summed E-state index contributed by atoms with van der Waals surface area (Å²) in [5.74, 6) is -0.422. The molecule has 0 bridgehead atoms. The molecule has 3 amide bonds. The minimum atomic E-state index is -0.717. The number of nitrogens with one attached hydrogen (secondary N) is 2. The molecule has 28 heavy (non-hydrogen) atoms. The number of rotatable bonds is 5.